The molecule has 0 bridgehead atoms. The zero-order chi connectivity index (χ0) is 50.4. The van der Waals surface area contributed by atoms with Gasteiger partial charge in [-0.2, -0.15) is 0 Å². The average Bonchev–Trinajstić information content (AvgIpc) is 4.02. The van der Waals surface area contributed by atoms with Crippen molar-refractivity contribution in [1.82, 2.24) is 20.2 Å². The van der Waals surface area contributed by atoms with E-state index in [2.05, 4.69) is 259 Å². The molecule has 0 fully saturated rings. The highest BCUT2D eigenvalue weighted by Crippen LogP contribution is 2.49. The number of hydrogen-bond acceptors (Lipinski definition) is 6. The molecule has 0 atom stereocenters. The first-order valence-corrected chi connectivity index (χ1v) is 25.4. The second-order valence-electron chi connectivity index (χ2n) is 18.7. The van der Waals surface area contributed by atoms with E-state index in [4.69, 9.17) is 9.72 Å². The van der Waals surface area contributed by atoms with Gasteiger partial charge in [0, 0.05) is 65.0 Å². The zero-order valence-electron chi connectivity index (χ0n) is 41.5. The molecule has 3 aliphatic heterocycles. The Kier molecular flexibility index (Phi) is 13.0. The summed E-state index contributed by atoms with van der Waals surface area (Å²) < 4.78 is 9.18. The molecule has 0 saturated carbocycles. The van der Waals surface area contributed by atoms with Gasteiger partial charge >= 0.3 is 0 Å². The van der Waals surface area contributed by atoms with Gasteiger partial charge in [0.05, 0.1) is 28.1 Å². The lowest BCUT2D eigenvalue weighted by atomic mass is 9.63. The smallest absolute Gasteiger partial charge is 0.182 e. The lowest BCUT2D eigenvalue weighted by Gasteiger charge is -2.32. The molecule has 0 saturated heterocycles. The van der Waals surface area contributed by atoms with Crippen LogP contribution in [0.1, 0.15) is 34.7 Å². The number of pyridine rings is 1. The van der Waals surface area contributed by atoms with E-state index in [0.717, 1.165) is 89.5 Å². The molecule has 0 aliphatic carbocycles. The number of aromatic nitrogens is 2. The highest BCUT2D eigenvalue weighted by atomic mass is 16.5. The summed E-state index contributed by atoms with van der Waals surface area (Å²) in [7, 11) is 4.36. The number of ether oxygens (including phenoxy) is 1. The van der Waals surface area contributed by atoms with Gasteiger partial charge in [-0.1, -0.05) is 151 Å². The molecule has 0 spiro atoms. The first-order chi connectivity index (χ1) is 37.1. The van der Waals surface area contributed by atoms with Crippen LogP contribution in [0.4, 0.5) is 22.7 Å². The van der Waals surface area contributed by atoms with Crippen LogP contribution in [0.2, 0.25) is 0 Å². The third-order valence-corrected chi connectivity index (χ3v) is 14.3. The maximum absolute atomic E-state index is 6.90. The Morgan fingerprint density at radius 1 is 0.493 bits per heavy atom. The van der Waals surface area contributed by atoms with Gasteiger partial charge in [0.25, 0.3) is 0 Å². The number of hydrogen-bond donors (Lipinski definition) is 2. The van der Waals surface area contributed by atoms with Crippen molar-refractivity contribution in [1.29, 1.82) is 0 Å². The van der Waals surface area contributed by atoms with Gasteiger partial charge < -0.3 is 25.2 Å². The molecule has 0 amide bonds. The first kappa shape index (κ1) is 46.6. The summed E-state index contributed by atoms with van der Waals surface area (Å²) in [6, 6.07) is 64.6. The van der Waals surface area contributed by atoms with Crippen LogP contribution in [0.15, 0.2) is 274 Å². The number of nitrogens with zero attached hydrogens (tertiary/aromatic N) is 4. The van der Waals surface area contributed by atoms with E-state index >= 15 is 0 Å². The van der Waals surface area contributed by atoms with E-state index in [0.29, 0.717) is 6.67 Å². The fourth-order valence-electron chi connectivity index (χ4n) is 10.6. The molecule has 7 aromatic carbocycles. The maximum Gasteiger partial charge on any atom is 0.182 e. The zero-order valence-corrected chi connectivity index (χ0v) is 41.5. The lowest BCUT2D eigenvalue weighted by Crippen LogP contribution is -2.26. The summed E-state index contributed by atoms with van der Waals surface area (Å²) in [4.78, 5) is 9.90. The van der Waals surface area contributed by atoms with Crippen molar-refractivity contribution in [2.24, 2.45) is 0 Å². The molecule has 2 aromatic heterocycles. The minimum Gasteiger partial charge on any atom is -0.457 e. The van der Waals surface area contributed by atoms with Crippen LogP contribution in [-0.4, -0.2) is 30.8 Å². The molecule has 75 heavy (non-hydrogen) atoms. The molecular weight excluding hydrogens is 914 g/mol. The van der Waals surface area contributed by atoms with Crippen LogP contribution >= 0.6 is 0 Å². The predicted octanol–water partition coefficient (Wildman–Crippen LogP) is 15.0. The first-order valence-electron chi connectivity index (χ1n) is 25.4. The molecule has 0 unspecified atom stereocenters. The summed E-state index contributed by atoms with van der Waals surface area (Å²) >= 11 is 0. The highest BCUT2D eigenvalue weighted by molar-refractivity contribution is 6.67. The minimum atomic E-state index is -0.431. The summed E-state index contributed by atoms with van der Waals surface area (Å²) in [6.07, 6.45) is 26.2. The normalized spacial score (nSPS) is 18.3. The molecule has 5 heterocycles. The summed E-state index contributed by atoms with van der Waals surface area (Å²) in [5, 5.41) is 8.75. The molecule has 9 aromatic rings. The number of anilines is 4. The number of allylic oxidation sites excluding steroid dienone is 8. The summed E-state index contributed by atoms with van der Waals surface area (Å²) in [6.45, 7) is 2.87. The van der Waals surface area contributed by atoms with Crippen molar-refractivity contribution >= 4 is 70.1 Å². The quantitative estimate of drug-likeness (QED) is 0.133. The van der Waals surface area contributed by atoms with Gasteiger partial charge in [0.1, 0.15) is 24.0 Å². The van der Waals surface area contributed by atoms with E-state index < -0.39 is 5.41 Å². The van der Waals surface area contributed by atoms with Crippen molar-refractivity contribution in [2.75, 3.05) is 16.5 Å². The molecule has 3 aliphatic rings. The number of nitrogens with one attached hydrogen (secondary N) is 2. The molecule has 2 N–H and O–H groups in total. The Balaban J connectivity index is 0.916. The van der Waals surface area contributed by atoms with E-state index in [-0.39, 0.29) is 0 Å². The van der Waals surface area contributed by atoms with Crippen molar-refractivity contribution < 1.29 is 4.74 Å². The lowest BCUT2D eigenvalue weighted by molar-refractivity contribution is 0.483. The Hall–Kier alpha value is -9.46. The van der Waals surface area contributed by atoms with Gasteiger partial charge in [-0.25, -0.2) is 4.98 Å². The summed E-state index contributed by atoms with van der Waals surface area (Å²) in [5.74, 6) is 6.49. The van der Waals surface area contributed by atoms with Crippen LogP contribution in [-0.2, 0) is 5.41 Å². The van der Waals surface area contributed by atoms with E-state index in [1.165, 1.54) is 11.1 Å². The highest BCUT2D eigenvalue weighted by Gasteiger charge is 2.33. The number of benzene rings is 7. The van der Waals surface area contributed by atoms with Crippen molar-refractivity contribution in [3.63, 3.8) is 0 Å². The van der Waals surface area contributed by atoms with E-state index in [9.17, 15) is 0 Å². The van der Waals surface area contributed by atoms with E-state index in [1.54, 1.807) is 0 Å². The SMILES string of the molecule is CC(c1ccccc1)(c1ccccc1)c1ccnc(-n2c3ccccc3c3ccc(Oc4cccc(N5CN(c6c(/C7=C/C=C\N/C=C\C=C/[B]7)cccc6/C6=C/C=C\N/C=C\C=C/[B]6)c6ccccc65)c4)cc32)c1. The average molecular weight is 967 g/mol. The Labute approximate surface area is 440 Å². The molecule has 358 valence electrons. The van der Waals surface area contributed by atoms with Gasteiger partial charge in [-0.15, -0.1) is 12.0 Å². The monoisotopic (exact) mass is 966 g/mol. The third-order valence-electron chi connectivity index (χ3n) is 14.3. The van der Waals surface area contributed by atoms with Crippen LogP contribution in [0.5, 0.6) is 11.5 Å². The molecular formula is C66H52B2N6O. The van der Waals surface area contributed by atoms with Crippen molar-refractivity contribution in [2.45, 2.75) is 12.3 Å². The van der Waals surface area contributed by atoms with Crippen LogP contribution < -0.4 is 25.2 Å². The predicted molar refractivity (Wildman–Crippen MR) is 314 cm³/mol. The Morgan fingerprint density at radius 2 is 1.08 bits per heavy atom. The standard InChI is InChI=1S/C66H52B2N6O/c1-66(48-20-4-2-5-21-48,49-22-6-3-7-23-49)50-36-43-71-64(44-50)74-60-31-9-8-26-54(60)55-35-34-53(46-63(55)74)75-52-25-16-24-51(45-52)72-47-73(62-33-11-10-32-61(62)72)65-56(58-29-18-41-69-39-14-12-37-67-58)27-17-28-57(65)59-30-19-42-70-40-15-13-38-68-59/h2-46,69-70H,47H2,1H3/b37-12-,38-13-,39-14-,40-15-,41-18-,42-19-,58-29-,59-30-. The topological polar surface area (TPSA) is 57.6 Å². The molecule has 7 nitrogen and oxygen atoms in total. The molecule has 9 heteroatoms. The Morgan fingerprint density at radius 3 is 1.77 bits per heavy atom. The maximum atomic E-state index is 6.90. The second-order valence-corrected chi connectivity index (χ2v) is 18.7. The van der Waals surface area contributed by atoms with E-state index in [1.807, 2.05) is 61.4 Å². The minimum absolute atomic E-state index is 0.431. The fourth-order valence-corrected chi connectivity index (χ4v) is 10.6. The van der Waals surface area contributed by atoms with Gasteiger partial charge in [0.2, 0.25) is 0 Å². The van der Waals surface area contributed by atoms with Crippen LogP contribution in [0.25, 0.3) is 38.6 Å². The third kappa shape index (κ3) is 9.21. The van der Waals surface area contributed by atoms with Gasteiger partial charge in [0.15, 0.2) is 14.6 Å². The van der Waals surface area contributed by atoms with Gasteiger partial charge in [-0.3, -0.25) is 4.57 Å². The molecule has 12 rings (SSSR count). The van der Waals surface area contributed by atoms with Crippen molar-refractivity contribution in [3.05, 3.63) is 301 Å². The van der Waals surface area contributed by atoms with Crippen molar-refractivity contribution in [3.8, 4) is 17.3 Å². The largest absolute Gasteiger partial charge is 0.457 e. The Bertz CT molecular complexity index is 3720. The second kappa shape index (κ2) is 20.9. The fraction of sp³-hybridized carbons (Fsp3) is 0.0455. The van der Waals surface area contributed by atoms with Gasteiger partial charge in [-0.05, 0) is 114 Å². The van der Waals surface area contributed by atoms with Crippen LogP contribution in [0.3, 0.4) is 0 Å². The number of rotatable bonds is 10. The number of fused-ring (bicyclic) bond motifs is 4. The summed E-state index contributed by atoms with van der Waals surface area (Å²) in [5.41, 5.74) is 13.9. The van der Waals surface area contributed by atoms with Crippen LogP contribution in [0, 0.1) is 0 Å². The number of para-hydroxylation sites is 4. The molecule has 2 radical (unpaired) electrons.